The van der Waals surface area contributed by atoms with Crippen molar-refractivity contribution in [2.45, 2.75) is 0 Å². The molecule has 3 aromatic carbocycles. The Morgan fingerprint density at radius 2 is 0.903 bits per heavy atom. The van der Waals surface area contributed by atoms with Crippen LogP contribution in [0.2, 0.25) is 0 Å². The maximum Gasteiger partial charge on any atom is 0.412 e. The minimum Gasteiger partial charge on any atom is -0.491 e. The van der Waals surface area contributed by atoms with Crippen LogP contribution in [0.25, 0.3) is 0 Å². The summed E-state index contributed by atoms with van der Waals surface area (Å²) in [6.07, 6.45) is 0. The molecule has 0 N–H and O–H groups in total. The Kier molecular flexibility index (Phi) is 6.25. The van der Waals surface area contributed by atoms with Crippen molar-refractivity contribution in [2.75, 3.05) is 7.11 Å². The minimum absolute atomic E-state index is 0.0602. The molecule has 0 aliphatic rings. The molecular weight excluding hydrogens is 461 g/mol. The van der Waals surface area contributed by atoms with Gasteiger partial charge in [0.15, 0.2) is 23.2 Å². The molecule has 3 rings (SSSR count). The normalized spacial score (nSPS) is 11.1. The van der Waals surface area contributed by atoms with Gasteiger partial charge < -0.3 is 4.74 Å². The van der Waals surface area contributed by atoms with E-state index in [9.17, 15) is 43.9 Å². The molecule has 31 heavy (non-hydrogen) atoms. The summed E-state index contributed by atoms with van der Waals surface area (Å²) in [7, 11) is 0.650. The number of rotatable bonds is 4. The van der Waals surface area contributed by atoms with Crippen LogP contribution >= 0.6 is 0 Å². The van der Waals surface area contributed by atoms with E-state index in [0.29, 0.717) is 7.11 Å². The number of ether oxygens (including phenoxy) is 1. The average Bonchev–Trinajstić information content (AvgIpc) is 2.65. The summed E-state index contributed by atoms with van der Waals surface area (Å²) in [6, 6.07) is 0.241. The maximum atomic E-state index is 14.9. The van der Waals surface area contributed by atoms with E-state index in [2.05, 4.69) is 4.74 Å². The highest BCUT2D eigenvalue weighted by Crippen LogP contribution is 2.25. The summed E-state index contributed by atoms with van der Waals surface area (Å²) < 4.78 is 142. The Hall–Kier alpha value is -2.71. The van der Waals surface area contributed by atoms with Gasteiger partial charge >= 0.3 is 14.1 Å². The molecule has 3 aromatic rings. The molecule has 0 amide bonds. The Balaban J connectivity index is 2.54. The van der Waals surface area contributed by atoms with Gasteiger partial charge in [0.05, 0.1) is 7.11 Å². The molecule has 0 unspecified atom stereocenters. The van der Waals surface area contributed by atoms with E-state index in [1.165, 1.54) is 0 Å². The Morgan fingerprint density at radius 3 is 1.26 bits per heavy atom. The van der Waals surface area contributed by atoms with Gasteiger partial charge in [-0.3, -0.25) is 0 Å². The van der Waals surface area contributed by atoms with E-state index in [-0.39, 0.29) is 24.3 Å². The summed E-state index contributed by atoms with van der Waals surface area (Å²) in [6.45, 7) is 0. The molecule has 0 saturated heterocycles. The standard InChI is InChI=1S/C7H3F4O.2C6H2F3.Al/c1-12-7-4(9)2-3(8)5(10)6(7)11;2*7-4-1-5(8)3-6(9)2-4;/h1H3;2*1-2H;. The summed E-state index contributed by atoms with van der Waals surface area (Å²) in [4.78, 5) is 0. The predicted octanol–water partition coefficient (Wildman–Crippen LogP) is 3.60. The van der Waals surface area contributed by atoms with Gasteiger partial charge in [-0.05, 0) is 13.3 Å². The molecule has 0 atom stereocenters. The van der Waals surface area contributed by atoms with Crippen molar-refractivity contribution >= 4 is 27.4 Å². The zero-order valence-electron chi connectivity index (χ0n) is 15.1. The third-order valence-electron chi connectivity index (χ3n) is 4.41. The van der Waals surface area contributed by atoms with Crippen molar-refractivity contribution in [3.05, 3.63) is 82.4 Å². The fourth-order valence-corrected chi connectivity index (χ4v) is 6.22. The molecule has 12 heteroatoms. The lowest BCUT2D eigenvalue weighted by molar-refractivity contribution is 0.338. The van der Waals surface area contributed by atoms with E-state index < -0.39 is 91.3 Å². The highest BCUT2D eigenvalue weighted by atomic mass is 27.2. The van der Waals surface area contributed by atoms with E-state index in [1.807, 2.05) is 0 Å². The highest BCUT2D eigenvalue weighted by molar-refractivity contribution is 6.95. The number of benzene rings is 3. The van der Waals surface area contributed by atoms with Crippen molar-refractivity contribution < 1.29 is 48.6 Å². The zero-order valence-corrected chi connectivity index (χ0v) is 16.2. The summed E-state index contributed by atoms with van der Waals surface area (Å²) in [5.74, 6) is -20.6. The first-order chi connectivity index (χ1) is 14.5. The average molecular weight is 468 g/mol. The summed E-state index contributed by atoms with van der Waals surface area (Å²) >= 11 is -4.75. The molecule has 0 saturated carbocycles. The first kappa shape index (κ1) is 23.0. The zero-order chi connectivity index (χ0) is 23.2. The molecule has 0 heterocycles. The second kappa shape index (κ2) is 8.44. The van der Waals surface area contributed by atoms with Gasteiger partial charge in [-0.1, -0.05) is 0 Å². The van der Waals surface area contributed by atoms with Crippen LogP contribution in [0.15, 0.2) is 24.3 Å². The Labute approximate surface area is 171 Å². The SMILES string of the molecule is COc1c(F)c(F)c(F)[c]([Al]([c]2c(F)cc(F)cc2F)[c]2c(F)cc(F)cc2F)c1F. The van der Waals surface area contributed by atoms with Gasteiger partial charge in [0.2, 0.25) is 5.82 Å². The molecule has 0 aromatic heterocycles. The number of hydrogen-bond acceptors (Lipinski definition) is 1. The second-order valence-electron chi connectivity index (χ2n) is 6.20. The summed E-state index contributed by atoms with van der Waals surface area (Å²) in [5, 5.41) is 0. The Morgan fingerprint density at radius 1 is 0.516 bits per heavy atom. The van der Waals surface area contributed by atoms with Crippen LogP contribution in [0.1, 0.15) is 0 Å². The van der Waals surface area contributed by atoms with E-state index >= 15 is 0 Å². The monoisotopic (exact) mass is 468 g/mol. The van der Waals surface area contributed by atoms with Crippen LogP contribution in [-0.4, -0.2) is 21.3 Å². The lowest BCUT2D eigenvalue weighted by atomic mass is 10.3. The van der Waals surface area contributed by atoms with Gasteiger partial charge in [-0.15, -0.1) is 0 Å². The molecule has 1 nitrogen and oxygen atoms in total. The van der Waals surface area contributed by atoms with Crippen LogP contribution in [0.4, 0.5) is 43.9 Å². The first-order valence-electron chi connectivity index (χ1n) is 8.18. The van der Waals surface area contributed by atoms with Crippen LogP contribution in [-0.2, 0) is 0 Å². The largest absolute Gasteiger partial charge is 0.491 e. The molecular formula is C19H7AlF10O. The molecule has 0 fully saturated rings. The van der Waals surface area contributed by atoms with E-state index in [0.717, 1.165) is 0 Å². The van der Waals surface area contributed by atoms with Crippen LogP contribution < -0.4 is 18.0 Å². The summed E-state index contributed by atoms with van der Waals surface area (Å²) in [5.41, 5.74) is 0. The van der Waals surface area contributed by atoms with Crippen LogP contribution in [0.5, 0.6) is 5.75 Å². The fourth-order valence-electron chi connectivity index (χ4n) is 3.15. The van der Waals surface area contributed by atoms with Crippen molar-refractivity contribution in [2.24, 2.45) is 0 Å². The number of methoxy groups -OCH3 is 1. The van der Waals surface area contributed by atoms with Crippen molar-refractivity contribution in [1.29, 1.82) is 0 Å². The van der Waals surface area contributed by atoms with Gasteiger partial charge in [0.25, 0.3) is 0 Å². The molecule has 0 bridgehead atoms. The molecule has 0 aliphatic carbocycles. The second-order valence-corrected chi connectivity index (χ2v) is 8.80. The van der Waals surface area contributed by atoms with E-state index in [4.69, 9.17) is 0 Å². The Bertz CT molecular complexity index is 1090. The maximum absolute atomic E-state index is 14.9. The lowest BCUT2D eigenvalue weighted by Gasteiger charge is -2.20. The molecule has 0 spiro atoms. The van der Waals surface area contributed by atoms with Crippen LogP contribution in [0, 0.1) is 58.2 Å². The topological polar surface area (TPSA) is 9.23 Å². The highest BCUT2D eigenvalue weighted by Gasteiger charge is 2.43. The first-order valence-corrected chi connectivity index (χ1v) is 9.91. The van der Waals surface area contributed by atoms with Gasteiger partial charge in [0.1, 0.15) is 34.9 Å². The number of halogens is 10. The third-order valence-corrected chi connectivity index (χ3v) is 7.76. The third kappa shape index (κ3) is 3.86. The van der Waals surface area contributed by atoms with Crippen molar-refractivity contribution in [3.63, 3.8) is 0 Å². The fraction of sp³-hybridized carbons (Fsp3) is 0.0526. The van der Waals surface area contributed by atoms with Crippen molar-refractivity contribution in [1.82, 2.24) is 0 Å². The van der Waals surface area contributed by atoms with Gasteiger partial charge in [0, 0.05) is 24.3 Å². The molecule has 0 aliphatic heterocycles. The van der Waals surface area contributed by atoms with E-state index in [1.54, 1.807) is 0 Å². The predicted molar refractivity (Wildman–Crippen MR) is 90.1 cm³/mol. The number of hydrogen-bond donors (Lipinski definition) is 0. The van der Waals surface area contributed by atoms with Gasteiger partial charge in [-0.2, -0.15) is 4.39 Å². The minimum atomic E-state index is -4.75. The lowest BCUT2D eigenvalue weighted by Crippen LogP contribution is -2.59. The van der Waals surface area contributed by atoms with Gasteiger partial charge in [-0.25, -0.2) is 39.5 Å². The molecule has 0 radical (unpaired) electrons. The van der Waals surface area contributed by atoms with Crippen molar-refractivity contribution in [3.8, 4) is 5.75 Å². The molecule has 162 valence electrons. The smallest absolute Gasteiger partial charge is 0.412 e. The quantitative estimate of drug-likeness (QED) is 0.246. The van der Waals surface area contributed by atoms with Crippen LogP contribution in [0.3, 0.4) is 0 Å².